The van der Waals surface area contributed by atoms with E-state index in [1.165, 1.54) is 5.56 Å². The highest BCUT2D eigenvalue weighted by Gasteiger charge is 2.32. The number of nitrogens with one attached hydrogen (secondary N) is 1. The van der Waals surface area contributed by atoms with Crippen LogP contribution in [0.4, 0.5) is 0 Å². The molecule has 3 nitrogen and oxygen atoms in total. The number of piperazine rings is 1. The Morgan fingerprint density at radius 2 is 1.94 bits per heavy atom. The predicted octanol–water partition coefficient (Wildman–Crippen LogP) is 2.03. The van der Waals surface area contributed by atoms with Crippen LogP contribution in [0, 0.1) is 5.41 Å². The normalized spacial score (nSPS) is 21.7. The minimum atomic E-state index is 0.102. The molecule has 1 heterocycles. The van der Waals surface area contributed by atoms with E-state index in [0.717, 1.165) is 13.1 Å². The average Bonchev–Trinajstić information content (AvgIpc) is 2.28. The van der Waals surface area contributed by atoms with Gasteiger partial charge in [0, 0.05) is 19.1 Å². The van der Waals surface area contributed by atoms with E-state index in [9.17, 15) is 4.79 Å². The van der Waals surface area contributed by atoms with Crippen molar-refractivity contribution in [1.82, 2.24) is 10.2 Å². The first kappa shape index (κ1) is 13.1. The lowest BCUT2D eigenvalue weighted by Crippen LogP contribution is -2.58. The van der Waals surface area contributed by atoms with Gasteiger partial charge >= 0.3 is 0 Å². The van der Waals surface area contributed by atoms with Crippen LogP contribution in [0.25, 0.3) is 0 Å². The number of hydrogen-bond acceptors (Lipinski definition) is 2. The molecule has 1 aliphatic rings. The number of amides is 1. The molecular formula is C15H22N2O. The van der Waals surface area contributed by atoms with Gasteiger partial charge in [0.1, 0.15) is 0 Å². The number of nitrogens with zero attached hydrogens (tertiary/aromatic N) is 1. The van der Waals surface area contributed by atoms with Crippen LogP contribution in [0.1, 0.15) is 26.3 Å². The minimum Gasteiger partial charge on any atom is -0.350 e. The summed E-state index contributed by atoms with van der Waals surface area (Å²) in [5, 5.41) is 3.09. The van der Waals surface area contributed by atoms with Gasteiger partial charge in [0.2, 0.25) is 5.91 Å². The smallest absolute Gasteiger partial charge is 0.234 e. The molecule has 18 heavy (non-hydrogen) atoms. The Hall–Kier alpha value is -1.35. The summed E-state index contributed by atoms with van der Waals surface area (Å²) in [5.41, 5.74) is 1.37. The van der Waals surface area contributed by atoms with Gasteiger partial charge in [-0.2, -0.15) is 0 Å². The van der Waals surface area contributed by atoms with Crippen LogP contribution in [0.5, 0.6) is 0 Å². The van der Waals surface area contributed by atoms with Crippen LogP contribution >= 0.6 is 0 Å². The monoisotopic (exact) mass is 246 g/mol. The summed E-state index contributed by atoms with van der Waals surface area (Å²) in [7, 11) is 0. The van der Waals surface area contributed by atoms with Gasteiger partial charge in [-0.1, -0.05) is 51.1 Å². The fourth-order valence-corrected chi connectivity index (χ4v) is 2.26. The Kier molecular flexibility index (Phi) is 3.71. The Labute approximate surface area is 109 Å². The van der Waals surface area contributed by atoms with E-state index < -0.39 is 0 Å². The van der Waals surface area contributed by atoms with E-state index in [-0.39, 0.29) is 17.4 Å². The molecule has 0 aromatic heterocycles. The third-order valence-corrected chi connectivity index (χ3v) is 3.44. The Bertz CT molecular complexity index is 408. The summed E-state index contributed by atoms with van der Waals surface area (Å²) in [5.74, 6) is 0.136. The van der Waals surface area contributed by atoms with Gasteiger partial charge in [-0.3, -0.25) is 9.69 Å². The maximum atomic E-state index is 11.8. The van der Waals surface area contributed by atoms with Gasteiger partial charge < -0.3 is 5.32 Å². The first-order valence-corrected chi connectivity index (χ1v) is 6.51. The molecule has 0 radical (unpaired) electrons. The van der Waals surface area contributed by atoms with Crippen LogP contribution in [0.3, 0.4) is 0 Å². The summed E-state index contributed by atoms with van der Waals surface area (Å²) in [4.78, 5) is 14.0. The zero-order valence-electron chi connectivity index (χ0n) is 11.4. The summed E-state index contributed by atoms with van der Waals surface area (Å²) in [6.45, 7) is 8.78. The zero-order chi connectivity index (χ0) is 13.2. The van der Waals surface area contributed by atoms with Crippen molar-refractivity contribution in [3.05, 3.63) is 35.9 Å². The largest absolute Gasteiger partial charge is 0.350 e. The number of benzene rings is 1. The molecule has 0 saturated carbocycles. The lowest BCUT2D eigenvalue weighted by atomic mass is 9.85. The highest BCUT2D eigenvalue weighted by atomic mass is 16.2. The molecule has 0 bridgehead atoms. The van der Waals surface area contributed by atoms with Gasteiger partial charge in [-0.15, -0.1) is 0 Å². The molecule has 0 unspecified atom stereocenters. The summed E-state index contributed by atoms with van der Waals surface area (Å²) < 4.78 is 0. The van der Waals surface area contributed by atoms with E-state index >= 15 is 0 Å². The van der Waals surface area contributed by atoms with E-state index in [1.54, 1.807) is 0 Å². The van der Waals surface area contributed by atoms with Gasteiger partial charge in [0.15, 0.2) is 0 Å². The molecule has 1 aromatic carbocycles. The lowest BCUT2D eigenvalue weighted by Gasteiger charge is -2.40. The topological polar surface area (TPSA) is 32.3 Å². The van der Waals surface area contributed by atoms with E-state index in [0.29, 0.717) is 6.54 Å². The molecule has 1 saturated heterocycles. The van der Waals surface area contributed by atoms with Crippen molar-refractivity contribution in [3.63, 3.8) is 0 Å². The molecule has 1 fully saturated rings. The Morgan fingerprint density at radius 1 is 1.28 bits per heavy atom. The fourth-order valence-electron chi connectivity index (χ4n) is 2.26. The number of carbonyl (C=O) groups is 1. The molecule has 2 rings (SSSR count). The summed E-state index contributed by atoms with van der Waals surface area (Å²) in [6.07, 6.45) is 0. The van der Waals surface area contributed by atoms with E-state index in [4.69, 9.17) is 0 Å². The van der Waals surface area contributed by atoms with Crippen LogP contribution in [0.2, 0.25) is 0 Å². The molecule has 1 amide bonds. The third-order valence-electron chi connectivity index (χ3n) is 3.44. The Morgan fingerprint density at radius 3 is 2.56 bits per heavy atom. The molecule has 98 valence electrons. The molecular weight excluding hydrogens is 224 g/mol. The number of hydrogen-bond donors (Lipinski definition) is 1. The van der Waals surface area contributed by atoms with Crippen LogP contribution in [-0.4, -0.2) is 29.9 Å². The van der Waals surface area contributed by atoms with Crippen molar-refractivity contribution in [1.29, 1.82) is 0 Å². The number of carbonyl (C=O) groups excluding carboxylic acids is 1. The predicted molar refractivity (Wildman–Crippen MR) is 73.1 cm³/mol. The maximum Gasteiger partial charge on any atom is 0.234 e. The van der Waals surface area contributed by atoms with Gasteiger partial charge in [-0.05, 0) is 11.0 Å². The third kappa shape index (κ3) is 3.33. The van der Waals surface area contributed by atoms with Crippen molar-refractivity contribution >= 4 is 5.91 Å². The second kappa shape index (κ2) is 5.11. The van der Waals surface area contributed by atoms with Crippen molar-refractivity contribution < 1.29 is 4.79 Å². The first-order valence-electron chi connectivity index (χ1n) is 6.51. The summed E-state index contributed by atoms with van der Waals surface area (Å²) >= 11 is 0. The molecule has 0 aliphatic carbocycles. The van der Waals surface area contributed by atoms with Crippen molar-refractivity contribution in [2.75, 3.05) is 13.1 Å². The zero-order valence-corrected chi connectivity index (χ0v) is 11.4. The minimum absolute atomic E-state index is 0.102. The second-order valence-electron chi connectivity index (χ2n) is 6.14. The molecule has 1 aromatic rings. The van der Waals surface area contributed by atoms with Gasteiger partial charge in [0.05, 0.1) is 6.54 Å². The van der Waals surface area contributed by atoms with Crippen molar-refractivity contribution in [2.45, 2.75) is 33.4 Å². The van der Waals surface area contributed by atoms with Crippen LogP contribution in [-0.2, 0) is 11.3 Å². The SMILES string of the molecule is CC(C)(C)[C@@H]1CN(Cc2ccccc2)CC(=O)N1. The average molecular weight is 246 g/mol. The van der Waals surface area contributed by atoms with E-state index in [2.05, 4.69) is 43.1 Å². The van der Waals surface area contributed by atoms with Crippen LogP contribution < -0.4 is 5.32 Å². The van der Waals surface area contributed by atoms with Crippen LogP contribution in [0.15, 0.2) is 30.3 Å². The van der Waals surface area contributed by atoms with Crippen molar-refractivity contribution in [2.24, 2.45) is 5.41 Å². The molecule has 1 aliphatic heterocycles. The number of rotatable bonds is 2. The fraction of sp³-hybridized carbons (Fsp3) is 0.533. The van der Waals surface area contributed by atoms with Crippen molar-refractivity contribution in [3.8, 4) is 0 Å². The van der Waals surface area contributed by atoms with E-state index in [1.807, 2.05) is 18.2 Å². The Balaban J connectivity index is 2.03. The summed E-state index contributed by atoms with van der Waals surface area (Å²) in [6, 6.07) is 10.5. The molecule has 0 spiro atoms. The standard InChI is InChI=1S/C15H22N2O/c1-15(2,3)13-10-17(11-14(18)16-13)9-12-7-5-4-6-8-12/h4-8,13H,9-11H2,1-3H3,(H,16,18)/t13-/m0/s1. The second-order valence-corrected chi connectivity index (χ2v) is 6.14. The quantitative estimate of drug-likeness (QED) is 0.866. The first-order chi connectivity index (χ1) is 8.45. The van der Waals surface area contributed by atoms with Gasteiger partial charge in [-0.25, -0.2) is 0 Å². The highest BCUT2D eigenvalue weighted by molar-refractivity contribution is 5.79. The molecule has 1 N–H and O–H groups in total. The molecule has 3 heteroatoms. The highest BCUT2D eigenvalue weighted by Crippen LogP contribution is 2.22. The maximum absolute atomic E-state index is 11.8. The van der Waals surface area contributed by atoms with Gasteiger partial charge in [0.25, 0.3) is 0 Å². The molecule has 1 atom stereocenters. The lowest BCUT2D eigenvalue weighted by molar-refractivity contribution is -0.127.